The van der Waals surface area contributed by atoms with Gasteiger partial charge in [0.05, 0.1) is 12.7 Å². The molecule has 5 heteroatoms. The van der Waals surface area contributed by atoms with E-state index in [0.29, 0.717) is 19.0 Å². The molecule has 0 bridgehead atoms. The minimum absolute atomic E-state index is 0.136. The van der Waals surface area contributed by atoms with Crippen molar-refractivity contribution in [2.45, 2.75) is 37.8 Å². The molecule has 0 radical (unpaired) electrons. The van der Waals surface area contributed by atoms with Gasteiger partial charge in [0.2, 0.25) is 5.91 Å². The third-order valence-corrected chi connectivity index (χ3v) is 3.82. The second-order valence-corrected chi connectivity index (χ2v) is 5.26. The van der Waals surface area contributed by atoms with Gasteiger partial charge in [0.15, 0.2) is 0 Å². The number of morpholine rings is 1. The maximum atomic E-state index is 11.6. The van der Waals surface area contributed by atoms with Gasteiger partial charge < -0.3 is 15.4 Å². The molecular weight excluding hydrogens is 230 g/mol. The maximum Gasteiger partial charge on any atom is 0.220 e. The number of nitrogens with one attached hydrogen (secondary N) is 2. The topological polar surface area (TPSA) is 53.6 Å². The highest BCUT2D eigenvalue weighted by Crippen LogP contribution is 2.22. The summed E-state index contributed by atoms with van der Waals surface area (Å²) in [4.78, 5) is 14.1. The molecule has 2 unspecified atom stereocenters. The van der Waals surface area contributed by atoms with E-state index in [2.05, 4.69) is 15.5 Å². The summed E-state index contributed by atoms with van der Waals surface area (Å²) in [5, 5.41) is 6.02. The molecule has 0 aromatic carbocycles. The molecule has 1 amide bonds. The van der Waals surface area contributed by atoms with E-state index < -0.39 is 0 Å². The quantitative estimate of drug-likeness (QED) is 0.654. The number of hydrogen-bond acceptors (Lipinski definition) is 4. The monoisotopic (exact) mass is 255 g/mol. The van der Waals surface area contributed by atoms with E-state index >= 15 is 0 Å². The molecule has 2 N–H and O–H groups in total. The highest BCUT2D eigenvalue weighted by atomic mass is 16.5. The minimum Gasteiger partial charge on any atom is -0.373 e. The van der Waals surface area contributed by atoms with E-state index in [9.17, 15) is 4.79 Å². The fourth-order valence-electron chi connectivity index (χ4n) is 2.75. The van der Waals surface area contributed by atoms with Crippen molar-refractivity contribution in [1.29, 1.82) is 0 Å². The van der Waals surface area contributed by atoms with Gasteiger partial charge in [-0.25, -0.2) is 0 Å². The van der Waals surface area contributed by atoms with Crippen molar-refractivity contribution >= 4 is 5.91 Å². The van der Waals surface area contributed by atoms with Gasteiger partial charge in [0.25, 0.3) is 0 Å². The van der Waals surface area contributed by atoms with Crippen molar-refractivity contribution in [1.82, 2.24) is 15.5 Å². The van der Waals surface area contributed by atoms with E-state index in [4.69, 9.17) is 4.74 Å². The van der Waals surface area contributed by atoms with Crippen LogP contribution in [-0.2, 0) is 9.53 Å². The fourth-order valence-corrected chi connectivity index (χ4v) is 2.75. The van der Waals surface area contributed by atoms with Gasteiger partial charge in [-0.05, 0) is 39.4 Å². The molecule has 0 aliphatic carbocycles. The summed E-state index contributed by atoms with van der Waals surface area (Å²) < 4.78 is 5.80. The Labute approximate surface area is 109 Å². The number of nitrogens with zero attached hydrogens (tertiary/aromatic N) is 1. The number of ether oxygens (including phenoxy) is 1. The average Bonchev–Trinajstić information content (AvgIpc) is 2.84. The number of carbonyl (C=O) groups is 1. The first-order valence-electron chi connectivity index (χ1n) is 7.06. The molecule has 0 aromatic heterocycles. The van der Waals surface area contributed by atoms with Crippen molar-refractivity contribution in [3.05, 3.63) is 0 Å². The summed E-state index contributed by atoms with van der Waals surface area (Å²) >= 11 is 0. The maximum absolute atomic E-state index is 11.6. The van der Waals surface area contributed by atoms with Crippen LogP contribution in [0.25, 0.3) is 0 Å². The molecule has 2 atom stereocenters. The molecule has 18 heavy (non-hydrogen) atoms. The van der Waals surface area contributed by atoms with Gasteiger partial charge in [-0.1, -0.05) is 0 Å². The number of rotatable bonds is 6. The molecule has 2 heterocycles. The van der Waals surface area contributed by atoms with Crippen molar-refractivity contribution in [2.24, 2.45) is 0 Å². The SMILES string of the molecule is CNCCCC(=O)NCC1CN2CCCC2CO1. The van der Waals surface area contributed by atoms with Crippen LogP contribution in [0.4, 0.5) is 0 Å². The first-order valence-corrected chi connectivity index (χ1v) is 7.06. The molecule has 2 aliphatic rings. The highest BCUT2D eigenvalue weighted by molar-refractivity contribution is 5.75. The van der Waals surface area contributed by atoms with Crippen LogP contribution in [0.15, 0.2) is 0 Å². The Kier molecular flexibility index (Phi) is 5.41. The van der Waals surface area contributed by atoms with Crippen molar-refractivity contribution in [3.8, 4) is 0 Å². The lowest BCUT2D eigenvalue weighted by molar-refractivity contribution is -0.122. The summed E-state index contributed by atoms with van der Waals surface area (Å²) in [5.74, 6) is 0.136. The third-order valence-electron chi connectivity index (χ3n) is 3.82. The standard InChI is InChI=1S/C13H25N3O2/c1-14-6-2-5-13(17)15-8-12-9-16-7-3-4-11(16)10-18-12/h11-12,14H,2-10H2,1H3,(H,15,17). The summed E-state index contributed by atoms with van der Waals surface area (Å²) in [6.07, 6.45) is 4.22. The predicted molar refractivity (Wildman–Crippen MR) is 70.5 cm³/mol. The fraction of sp³-hybridized carbons (Fsp3) is 0.923. The largest absolute Gasteiger partial charge is 0.373 e. The zero-order valence-corrected chi connectivity index (χ0v) is 11.3. The number of carbonyl (C=O) groups excluding carboxylic acids is 1. The molecule has 104 valence electrons. The summed E-state index contributed by atoms with van der Waals surface area (Å²) in [7, 11) is 1.90. The second-order valence-electron chi connectivity index (χ2n) is 5.26. The summed E-state index contributed by atoms with van der Waals surface area (Å²) in [6, 6.07) is 0.632. The Morgan fingerprint density at radius 2 is 2.39 bits per heavy atom. The zero-order valence-electron chi connectivity index (χ0n) is 11.3. The van der Waals surface area contributed by atoms with Crippen LogP contribution in [0.1, 0.15) is 25.7 Å². The highest BCUT2D eigenvalue weighted by Gasteiger charge is 2.32. The number of amides is 1. The van der Waals surface area contributed by atoms with Gasteiger partial charge in [-0.15, -0.1) is 0 Å². The first-order chi connectivity index (χ1) is 8.79. The van der Waals surface area contributed by atoms with Crippen LogP contribution >= 0.6 is 0 Å². The van der Waals surface area contributed by atoms with E-state index in [0.717, 1.165) is 26.1 Å². The Morgan fingerprint density at radius 1 is 1.50 bits per heavy atom. The first kappa shape index (κ1) is 13.8. The average molecular weight is 255 g/mol. The lowest BCUT2D eigenvalue weighted by Gasteiger charge is -2.35. The van der Waals surface area contributed by atoms with Crippen LogP contribution in [-0.4, -0.2) is 62.8 Å². The molecule has 0 aromatic rings. The van der Waals surface area contributed by atoms with Crippen LogP contribution in [0.3, 0.4) is 0 Å². The molecular formula is C13H25N3O2. The van der Waals surface area contributed by atoms with E-state index in [1.165, 1.54) is 19.4 Å². The number of fused-ring (bicyclic) bond motifs is 1. The zero-order chi connectivity index (χ0) is 12.8. The Hall–Kier alpha value is -0.650. The lowest BCUT2D eigenvalue weighted by atomic mass is 10.2. The molecule has 2 fully saturated rings. The molecule has 2 rings (SSSR count). The lowest BCUT2D eigenvalue weighted by Crippen LogP contribution is -2.50. The molecule has 2 saturated heterocycles. The van der Waals surface area contributed by atoms with Gasteiger partial charge in [-0.3, -0.25) is 9.69 Å². The van der Waals surface area contributed by atoms with Crippen molar-refractivity contribution < 1.29 is 9.53 Å². The van der Waals surface area contributed by atoms with Crippen LogP contribution in [0.5, 0.6) is 0 Å². The van der Waals surface area contributed by atoms with E-state index in [-0.39, 0.29) is 12.0 Å². The van der Waals surface area contributed by atoms with Crippen LogP contribution in [0, 0.1) is 0 Å². The molecule has 0 saturated carbocycles. The van der Waals surface area contributed by atoms with Crippen molar-refractivity contribution in [3.63, 3.8) is 0 Å². The van der Waals surface area contributed by atoms with E-state index in [1.807, 2.05) is 7.05 Å². The van der Waals surface area contributed by atoms with Gasteiger partial charge >= 0.3 is 0 Å². The van der Waals surface area contributed by atoms with Crippen molar-refractivity contribution in [2.75, 3.05) is 39.8 Å². The predicted octanol–water partition coefficient (Wildman–Crippen LogP) is -0.0346. The van der Waals surface area contributed by atoms with Crippen LogP contribution in [0.2, 0.25) is 0 Å². The van der Waals surface area contributed by atoms with Gasteiger partial charge in [0.1, 0.15) is 0 Å². The molecule has 5 nitrogen and oxygen atoms in total. The minimum atomic E-state index is 0.136. The molecule has 2 aliphatic heterocycles. The van der Waals surface area contributed by atoms with Crippen LogP contribution < -0.4 is 10.6 Å². The summed E-state index contributed by atoms with van der Waals surface area (Å²) in [5.41, 5.74) is 0. The van der Waals surface area contributed by atoms with E-state index in [1.54, 1.807) is 0 Å². The smallest absolute Gasteiger partial charge is 0.220 e. The summed E-state index contributed by atoms with van der Waals surface area (Å²) in [6.45, 7) is 4.55. The Morgan fingerprint density at radius 3 is 3.22 bits per heavy atom. The Balaban J connectivity index is 1.60. The second kappa shape index (κ2) is 7.07. The van der Waals surface area contributed by atoms with Gasteiger partial charge in [-0.2, -0.15) is 0 Å². The number of hydrogen-bond donors (Lipinski definition) is 2. The third kappa shape index (κ3) is 3.93. The van der Waals surface area contributed by atoms with Gasteiger partial charge in [0, 0.05) is 25.6 Å². The molecule has 0 spiro atoms. The Bertz CT molecular complexity index is 273. The normalized spacial score (nSPS) is 28.1.